The van der Waals surface area contributed by atoms with Gasteiger partial charge in [0.05, 0.1) is 19.3 Å². The number of nitrogens with one attached hydrogen (secondary N) is 1. The largest absolute Gasteiger partial charge is 0.497 e. The number of rotatable bonds is 5. The van der Waals surface area contributed by atoms with E-state index in [1.807, 2.05) is 31.2 Å². The number of anilines is 1. The van der Waals surface area contributed by atoms with Crippen LogP contribution >= 0.6 is 11.3 Å². The molecule has 3 rings (SSSR count). The maximum absolute atomic E-state index is 12.5. The molecule has 0 atom stereocenters. The van der Waals surface area contributed by atoms with E-state index in [4.69, 9.17) is 4.74 Å². The molecule has 1 aliphatic heterocycles. The fourth-order valence-corrected chi connectivity index (χ4v) is 3.93. The lowest BCUT2D eigenvalue weighted by Gasteiger charge is -2.25. The van der Waals surface area contributed by atoms with E-state index in [1.54, 1.807) is 7.11 Å². The van der Waals surface area contributed by atoms with Gasteiger partial charge in [0.25, 0.3) is 5.91 Å². The summed E-state index contributed by atoms with van der Waals surface area (Å²) >= 11 is 1.49. The van der Waals surface area contributed by atoms with Crippen molar-refractivity contribution in [2.45, 2.75) is 32.7 Å². The first kappa shape index (κ1) is 16.9. The predicted molar refractivity (Wildman–Crippen MR) is 96.9 cm³/mol. The van der Waals surface area contributed by atoms with Gasteiger partial charge in [-0.05, 0) is 45.0 Å². The monoisotopic (exact) mass is 345 g/mol. The summed E-state index contributed by atoms with van der Waals surface area (Å²) in [6.07, 6.45) is 3.84. The summed E-state index contributed by atoms with van der Waals surface area (Å²) in [7, 11) is 1.61. The first-order valence-corrected chi connectivity index (χ1v) is 9.11. The number of aromatic nitrogens is 1. The number of hydrogen-bond acceptors (Lipinski definition) is 5. The van der Waals surface area contributed by atoms with Crippen LogP contribution in [0, 0.1) is 6.92 Å². The van der Waals surface area contributed by atoms with Crippen molar-refractivity contribution >= 4 is 22.9 Å². The van der Waals surface area contributed by atoms with Gasteiger partial charge in [-0.1, -0.05) is 12.5 Å². The number of carbonyl (C=O) groups excluding carboxylic acids is 1. The summed E-state index contributed by atoms with van der Waals surface area (Å²) in [5.41, 5.74) is 1.53. The van der Waals surface area contributed by atoms with Crippen molar-refractivity contribution in [3.8, 4) is 5.75 Å². The van der Waals surface area contributed by atoms with Crippen molar-refractivity contribution in [3.63, 3.8) is 0 Å². The summed E-state index contributed by atoms with van der Waals surface area (Å²) in [5, 5.41) is 3.95. The molecule has 1 aromatic carbocycles. The maximum Gasteiger partial charge on any atom is 0.267 e. The Bertz CT molecular complexity index is 708. The van der Waals surface area contributed by atoms with Crippen LogP contribution in [0.25, 0.3) is 0 Å². The van der Waals surface area contributed by atoms with E-state index < -0.39 is 0 Å². The average Bonchev–Trinajstić information content (AvgIpc) is 2.96. The predicted octanol–water partition coefficient (Wildman–Crippen LogP) is 3.70. The highest BCUT2D eigenvalue weighted by Crippen LogP contribution is 2.23. The van der Waals surface area contributed by atoms with Gasteiger partial charge >= 0.3 is 0 Å². The summed E-state index contributed by atoms with van der Waals surface area (Å²) in [4.78, 5) is 20.2. The van der Waals surface area contributed by atoms with Crippen LogP contribution in [0.3, 0.4) is 0 Å². The molecule has 0 saturated carbocycles. The molecule has 24 heavy (non-hydrogen) atoms. The first-order valence-electron chi connectivity index (χ1n) is 8.30. The minimum absolute atomic E-state index is 0.108. The molecule has 1 amide bonds. The van der Waals surface area contributed by atoms with E-state index in [0.29, 0.717) is 4.88 Å². The molecule has 128 valence electrons. The highest BCUT2D eigenvalue weighted by molar-refractivity contribution is 7.13. The van der Waals surface area contributed by atoms with Gasteiger partial charge in [0.2, 0.25) is 0 Å². The third-order valence-corrected chi connectivity index (χ3v) is 5.32. The SMILES string of the molecule is COc1cccc(NC(=O)c2sc(CN3CCCCC3)nc2C)c1. The van der Waals surface area contributed by atoms with Crippen LogP contribution in [0.1, 0.15) is 39.6 Å². The van der Waals surface area contributed by atoms with Crippen molar-refractivity contribution in [3.05, 3.63) is 39.8 Å². The van der Waals surface area contributed by atoms with Crippen LogP contribution in [0.4, 0.5) is 5.69 Å². The molecule has 0 bridgehead atoms. The zero-order valence-corrected chi connectivity index (χ0v) is 15.0. The van der Waals surface area contributed by atoms with Crippen molar-refractivity contribution in [1.82, 2.24) is 9.88 Å². The molecule has 5 nitrogen and oxygen atoms in total. The minimum atomic E-state index is -0.108. The second-order valence-electron chi connectivity index (χ2n) is 6.05. The molecule has 0 spiro atoms. The van der Waals surface area contributed by atoms with E-state index in [0.717, 1.165) is 41.8 Å². The van der Waals surface area contributed by atoms with Crippen molar-refractivity contribution in [2.24, 2.45) is 0 Å². The lowest BCUT2D eigenvalue weighted by atomic mass is 10.1. The lowest BCUT2D eigenvalue weighted by Crippen LogP contribution is -2.28. The highest BCUT2D eigenvalue weighted by atomic mass is 32.1. The summed E-state index contributed by atoms with van der Waals surface area (Å²) < 4.78 is 5.19. The number of thiazole rings is 1. The van der Waals surface area contributed by atoms with Crippen LogP contribution in [0.2, 0.25) is 0 Å². The van der Waals surface area contributed by atoms with Gasteiger partial charge in [-0.15, -0.1) is 11.3 Å². The standard InChI is InChI=1S/C18H23N3O2S/c1-13-17(18(22)20-14-7-6-8-15(11-14)23-2)24-16(19-13)12-21-9-4-3-5-10-21/h6-8,11H,3-5,9-10,12H2,1-2H3,(H,20,22). The molecule has 2 aromatic rings. The molecule has 1 saturated heterocycles. The molecule has 0 aliphatic carbocycles. The Morgan fingerprint density at radius 3 is 2.88 bits per heavy atom. The summed E-state index contributed by atoms with van der Waals surface area (Å²) in [6, 6.07) is 7.37. The molecule has 1 aliphatic rings. The maximum atomic E-state index is 12.5. The number of ether oxygens (including phenoxy) is 1. The van der Waals surface area contributed by atoms with E-state index in [-0.39, 0.29) is 5.91 Å². The van der Waals surface area contributed by atoms with Gasteiger partial charge in [0, 0.05) is 11.8 Å². The Morgan fingerprint density at radius 1 is 1.33 bits per heavy atom. The van der Waals surface area contributed by atoms with Gasteiger partial charge < -0.3 is 10.1 Å². The van der Waals surface area contributed by atoms with Gasteiger partial charge in [-0.25, -0.2) is 4.98 Å². The number of likely N-dealkylation sites (tertiary alicyclic amines) is 1. The topological polar surface area (TPSA) is 54.5 Å². The fraction of sp³-hybridized carbons (Fsp3) is 0.444. The molecule has 0 unspecified atom stereocenters. The third kappa shape index (κ3) is 4.13. The highest BCUT2D eigenvalue weighted by Gasteiger charge is 2.18. The van der Waals surface area contributed by atoms with Crippen LogP contribution < -0.4 is 10.1 Å². The molecule has 1 aromatic heterocycles. The molecular weight excluding hydrogens is 322 g/mol. The average molecular weight is 345 g/mol. The van der Waals surface area contributed by atoms with Crippen LogP contribution in [0.15, 0.2) is 24.3 Å². The Kier molecular flexibility index (Phi) is 5.48. The molecule has 0 radical (unpaired) electrons. The second kappa shape index (κ2) is 7.77. The number of aryl methyl sites for hydroxylation is 1. The first-order chi connectivity index (χ1) is 11.7. The zero-order chi connectivity index (χ0) is 16.9. The van der Waals surface area contributed by atoms with Crippen molar-refractivity contribution in [2.75, 3.05) is 25.5 Å². The van der Waals surface area contributed by atoms with Gasteiger partial charge in [0.15, 0.2) is 0 Å². The normalized spacial score (nSPS) is 15.2. The Morgan fingerprint density at radius 2 is 2.12 bits per heavy atom. The fourth-order valence-electron chi connectivity index (χ4n) is 2.93. The number of amides is 1. The van der Waals surface area contributed by atoms with Crippen LogP contribution in [-0.2, 0) is 6.54 Å². The van der Waals surface area contributed by atoms with Crippen LogP contribution in [-0.4, -0.2) is 36.0 Å². The molecule has 1 fully saturated rings. The quantitative estimate of drug-likeness (QED) is 0.898. The third-order valence-electron chi connectivity index (χ3n) is 4.18. The smallest absolute Gasteiger partial charge is 0.267 e. The number of hydrogen-bond donors (Lipinski definition) is 1. The number of methoxy groups -OCH3 is 1. The Labute approximate surface area is 146 Å². The van der Waals surface area contributed by atoms with E-state index >= 15 is 0 Å². The van der Waals surface area contributed by atoms with Gasteiger partial charge in [-0.3, -0.25) is 9.69 Å². The number of carbonyl (C=O) groups is 1. The van der Waals surface area contributed by atoms with Gasteiger partial charge in [-0.2, -0.15) is 0 Å². The van der Waals surface area contributed by atoms with E-state index in [1.165, 1.54) is 30.6 Å². The molecule has 2 heterocycles. The minimum Gasteiger partial charge on any atom is -0.497 e. The summed E-state index contributed by atoms with van der Waals surface area (Å²) in [5.74, 6) is 0.614. The van der Waals surface area contributed by atoms with Crippen LogP contribution in [0.5, 0.6) is 5.75 Å². The zero-order valence-electron chi connectivity index (χ0n) is 14.2. The molecular formula is C18H23N3O2S. The summed E-state index contributed by atoms with van der Waals surface area (Å²) in [6.45, 7) is 5.00. The number of piperidine rings is 1. The lowest BCUT2D eigenvalue weighted by molar-refractivity contribution is 0.103. The second-order valence-corrected chi connectivity index (χ2v) is 7.13. The Balaban J connectivity index is 1.68. The van der Waals surface area contributed by atoms with E-state index in [9.17, 15) is 4.79 Å². The Hall–Kier alpha value is -1.92. The molecule has 6 heteroatoms. The number of benzene rings is 1. The molecule has 1 N–H and O–H groups in total. The van der Waals surface area contributed by atoms with Crippen molar-refractivity contribution in [1.29, 1.82) is 0 Å². The van der Waals surface area contributed by atoms with Gasteiger partial charge in [0.1, 0.15) is 15.6 Å². The van der Waals surface area contributed by atoms with Crippen molar-refractivity contribution < 1.29 is 9.53 Å². The van der Waals surface area contributed by atoms with E-state index in [2.05, 4.69) is 15.2 Å². The number of nitrogens with zero attached hydrogens (tertiary/aromatic N) is 2.